The molecule has 0 fully saturated rings. The first-order chi connectivity index (χ1) is 11.1. The van der Waals surface area contributed by atoms with Crippen molar-refractivity contribution in [3.63, 3.8) is 0 Å². The molecule has 2 heterocycles. The first kappa shape index (κ1) is 15.5. The van der Waals surface area contributed by atoms with Gasteiger partial charge in [-0.2, -0.15) is 0 Å². The van der Waals surface area contributed by atoms with E-state index in [1.807, 2.05) is 0 Å². The Labute approximate surface area is 133 Å². The molecule has 4 nitrogen and oxygen atoms in total. The molecule has 0 saturated heterocycles. The molecule has 1 aromatic carbocycles. The quantitative estimate of drug-likeness (QED) is 0.815. The Balaban J connectivity index is 2.05. The van der Waals surface area contributed by atoms with Crippen molar-refractivity contribution in [3.05, 3.63) is 68.9 Å². The van der Waals surface area contributed by atoms with Gasteiger partial charge in [-0.15, -0.1) is 0 Å². The number of benzene rings is 1. The van der Waals surface area contributed by atoms with Crippen molar-refractivity contribution in [1.82, 2.24) is 4.57 Å². The lowest BCUT2D eigenvalue weighted by atomic mass is 10.0. The Morgan fingerprint density at radius 3 is 2.91 bits per heavy atom. The number of carbonyl (C=O) groups excluding carboxylic acids is 1. The highest BCUT2D eigenvalue weighted by Gasteiger charge is 2.23. The van der Waals surface area contributed by atoms with E-state index in [1.165, 1.54) is 12.1 Å². The molecule has 1 aliphatic rings. The molecule has 0 spiro atoms. The summed E-state index contributed by atoms with van der Waals surface area (Å²) in [6.45, 7) is 2.65. The van der Waals surface area contributed by atoms with Gasteiger partial charge in [-0.3, -0.25) is 4.79 Å². The molecular formula is C18H18FNO3. The molecule has 23 heavy (non-hydrogen) atoms. The molecule has 5 heteroatoms. The summed E-state index contributed by atoms with van der Waals surface area (Å²) in [5.41, 5.74) is 2.29. The van der Waals surface area contributed by atoms with Gasteiger partial charge in [-0.25, -0.2) is 9.18 Å². The maximum atomic E-state index is 13.3. The van der Waals surface area contributed by atoms with Crippen LogP contribution in [0, 0.1) is 5.82 Å². The second-order valence-corrected chi connectivity index (χ2v) is 5.62. The molecule has 0 N–H and O–H groups in total. The Kier molecular flexibility index (Phi) is 4.28. The number of aromatic nitrogens is 1. The van der Waals surface area contributed by atoms with E-state index in [0.29, 0.717) is 36.1 Å². The van der Waals surface area contributed by atoms with Crippen molar-refractivity contribution < 1.29 is 13.9 Å². The van der Waals surface area contributed by atoms with Crippen LogP contribution in [-0.4, -0.2) is 17.1 Å². The number of hydrogen-bond donors (Lipinski definition) is 0. The van der Waals surface area contributed by atoms with Crippen LogP contribution < -0.4 is 5.56 Å². The fraction of sp³-hybridized carbons (Fsp3) is 0.333. The van der Waals surface area contributed by atoms with E-state index in [0.717, 1.165) is 12.1 Å². The first-order valence-corrected chi connectivity index (χ1v) is 7.77. The number of carbonyl (C=O) groups is 1. The van der Waals surface area contributed by atoms with Gasteiger partial charge in [-0.05, 0) is 43.5 Å². The van der Waals surface area contributed by atoms with Crippen molar-refractivity contribution >= 4 is 5.97 Å². The summed E-state index contributed by atoms with van der Waals surface area (Å²) in [5, 5.41) is 0. The van der Waals surface area contributed by atoms with Crippen LogP contribution in [0.2, 0.25) is 0 Å². The molecular weight excluding hydrogens is 297 g/mol. The lowest BCUT2D eigenvalue weighted by Crippen LogP contribution is -2.26. The molecule has 0 atom stereocenters. The largest absolute Gasteiger partial charge is 0.462 e. The number of fused-ring (bicyclic) bond motifs is 1. The SMILES string of the molecule is CCOC(=O)c1cc(Cc2cccc(F)c2)c(=O)n2c1CCC2. The third-order valence-electron chi connectivity index (χ3n) is 4.05. The smallest absolute Gasteiger partial charge is 0.339 e. The maximum Gasteiger partial charge on any atom is 0.339 e. The van der Waals surface area contributed by atoms with E-state index in [9.17, 15) is 14.0 Å². The Hall–Kier alpha value is -2.43. The average Bonchev–Trinajstić information content (AvgIpc) is 3.00. The molecule has 0 saturated carbocycles. The van der Waals surface area contributed by atoms with Crippen LogP contribution >= 0.6 is 0 Å². The second-order valence-electron chi connectivity index (χ2n) is 5.62. The van der Waals surface area contributed by atoms with Gasteiger partial charge in [0.05, 0.1) is 12.2 Å². The van der Waals surface area contributed by atoms with Crippen molar-refractivity contribution in [2.75, 3.05) is 6.61 Å². The van der Waals surface area contributed by atoms with E-state index in [2.05, 4.69) is 0 Å². The van der Waals surface area contributed by atoms with Crippen LogP contribution in [0.15, 0.2) is 35.1 Å². The van der Waals surface area contributed by atoms with E-state index in [1.54, 1.807) is 29.7 Å². The summed E-state index contributed by atoms with van der Waals surface area (Å²) >= 11 is 0. The zero-order chi connectivity index (χ0) is 16.4. The number of pyridine rings is 1. The second kappa shape index (κ2) is 6.36. The lowest BCUT2D eigenvalue weighted by Gasteiger charge is -2.12. The number of halogens is 1. The Morgan fingerprint density at radius 2 is 2.17 bits per heavy atom. The monoisotopic (exact) mass is 315 g/mol. The molecule has 3 rings (SSSR count). The van der Waals surface area contributed by atoms with Gasteiger partial charge in [0.25, 0.3) is 5.56 Å². The zero-order valence-electron chi connectivity index (χ0n) is 13.0. The van der Waals surface area contributed by atoms with E-state index in [-0.39, 0.29) is 18.0 Å². The molecule has 0 amide bonds. The van der Waals surface area contributed by atoms with Gasteiger partial charge in [-0.1, -0.05) is 12.1 Å². The molecule has 0 bridgehead atoms. The topological polar surface area (TPSA) is 48.3 Å². The Bertz CT molecular complexity index is 810. The van der Waals surface area contributed by atoms with Gasteiger partial charge in [0, 0.05) is 24.2 Å². The Morgan fingerprint density at radius 1 is 1.35 bits per heavy atom. The van der Waals surface area contributed by atoms with E-state index < -0.39 is 5.97 Å². The highest BCUT2D eigenvalue weighted by atomic mass is 19.1. The minimum atomic E-state index is -0.404. The summed E-state index contributed by atoms with van der Waals surface area (Å²) in [5.74, 6) is -0.743. The summed E-state index contributed by atoms with van der Waals surface area (Å²) in [6, 6.07) is 7.76. The standard InChI is InChI=1S/C18H18FNO3/c1-2-23-18(22)15-11-13(9-12-5-3-6-14(19)10-12)17(21)20-8-4-7-16(15)20/h3,5-6,10-11H,2,4,7-9H2,1H3. The molecule has 2 aromatic rings. The molecule has 0 unspecified atom stereocenters. The summed E-state index contributed by atoms with van der Waals surface area (Å²) in [4.78, 5) is 24.8. The van der Waals surface area contributed by atoms with Crippen LogP contribution in [0.3, 0.4) is 0 Å². The highest BCUT2D eigenvalue weighted by Crippen LogP contribution is 2.20. The zero-order valence-corrected chi connectivity index (χ0v) is 13.0. The van der Waals surface area contributed by atoms with Crippen LogP contribution in [0.1, 0.15) is 40.5 Å². The highest BCUT2D eigenvalue weighted by molar-refractivity contribution is 5.91. The van der Waals surface area contributed by atoms with Crippen LogP contribution in [0.4, 0.5) is 4.39 Å². The van der Waals surface area contributed by atoms with E-state index >= 15 is 0 Å². The maximum absolute atomic E-state index is 13.3. The number of hydrogen-bond acceptors (Lipinski definition) is 3. The molecule has 1 aromatic heterocycles. The predicted octanol–water partition coefficient (Wildman–Crippen LogP) is 2.70. The van der Waals surface area contributed by atoms with Crippen LogP contribution in [0.5, 0.6) is 0 Å². The number of ether oxygens (including phenoxy) is 1. The van der Waals surface area contributed by atoms with Gasteiger partial charge in [0.15, 0.2) is 0 Å². The minimum absolute atomic E-state index is 0.102. The van der Waals surface area contributed by atoms with Crippen molar-refractivity contribution in [3.8, 4) is 0 Å². The minimum Gasteiger partial charge on any atom is -0.462 e. The summed E-state index contributed by atoms with van der Waals surface area (Å²) < 4.78 is 20.1. The lowest BCUT2D eigenvalue weighted by molar-refractivity contribution is 0.0524. The molecule has 0 aliphatic carbocycles. The number of rotatable bonds is 4. The summed E-state index contributed by atoms with van der Waals surface area (Å²) in [6.07, 6.45) is 1.83. The average molecular weight is 315 g/mol. The predicted molar refractivity (Wildman–Crippen MR) is 84.2 cm³/mol. The molecule has 1 aliphatic heterocycles. The van der Waals surface area contributed by atoms with Crippen LogP contribution in [-0.2, 0) is 24.1 Å². The van der Waals surface area contributed by atoms with Crippen molar-refractivity contribution in [2.24, 2.45) is 0 Å². The van der Waals surface area contributed by atoms with Crippen molar-refractivity contribution in [1.29, 1.82) is 0 Å². The molecule has 0 radical (unpaired) electrons. The number of nitrogens with zero attached hydrogens (tertiary/aromatic N) is 1. The third kappa shape index (κ3) is 3.04. The van der Waals surface area contributed by atoms with Gasteiger partial charge in [0.2, 0.25) is 0 Å². The van der Waals surface area contributed by atoms with Crippen molar-refractivity contribution in [2.45, 2.75) is 32.7 Å². The van der Waals surface area contributed by atoms with E-state index in [4.69, 9.17) is 4.74 Å². The summed E-state index contributed by atoms with van der Waals surface area (Å²) in [7, 11) is 0. The van der Waals surface area contributed by atoms with Gasteiger partial charge < -0.3 is 9.30 Å². The normalized spacial score (nSPS) is 13.0. The fourth-order valence-corrected chi connectivity index (χ4v) is 3.05. The third-order valence-corrected chi connectivity index (χ3v) is 4.05. The molecule has 120 valence electrons. The van der Waals surface area contributed by atoms with Gasteiger partial charge >= 0.3 is 5.97 Å². The first-order valence-electron chi connectivity index (χ1n) is 7.77. The van der Waals surface area contributed by atoms with Gasteiger partial charge in [0.1, 0.15) is 5.82 Å². The fourth-order valence-electron chi connectivity index (χ4n) is 3.05. The number of esters is 1. The van der Waals surface area contributed by atoms with Crippen LogP contribution in [0.25, 0.3) is 0 Å².